The minimum atomic E-state index is -0.489. The number of hydrogen-bond acceptors (Lipinski definition) is 3. The van der Waals surface area contributed by atoms with Crippen LogP contribution in [-0.2, 0) is 4.74 Å². The molecule has 1 aliphatic heterocycles. The molecule has 1 heterocycles. The third-order valence-electron chi connectivity index (χ3n) is 3.64. The Morgan fingerprint density at radius 3 is 2.79 bits per heavy atom. The van der Waals surface area contributed by atoms with Gasteiger partial charge in [0.25, 0.3) is 0 Å². The van der Waals surface area contributed by atoms with Crippen molar-refractivity contribution in [3.63, 3.8) is 0 Å². The predicted molar refractivity (Wildman–Crippen MR) is 55.2 cm³/mol. The third-order valence-corrected chi connectivity index (χ3v) is 3.64. The van der Waals surface area contributed by atoms with Crippen LogP contribution in [0.4, 0.5) is 0 Å². The molecular weight excluding hydrogens is 178 g/mol. The molecule has 1 aliphatic carbocycles. The van der Waals surface area contributed by atoms with Gasteiger partial charge in [0.2, 0.25) is 0 Å². The Bertz CT molecular complexity index is 184. The van der Waals surface area contributed by atoms with Crippen molar-refractivity contribution in [3.8, 4) is 0 Å². The highest BCUT2D eigenvalue weighted by Gasteiger charge is 2.37. The van der Waals surface area contributed by atoms with Gasteiger partial charge >= 0.3 is 0 Å². The molecule has 2 fully saturated rings. The van der Waals surface area contributed by atoms with Crippen molar-refractivity contribution in [3.05, 3.63) is 0 Å². The van der Waals surface area contributed by atoms with Gasteiger partial charge < -0.3 is 15.2 Å². The first kappa shape index (κ1) is 10.4. The molecule has 2 rings (SSSR count). The molecule has 2 atom stereocenters. The van der Waals surface area contributed by atoms with Crippen molar-refractivity contribution in [2.45, 2.75) is 44.2 Å². The lowest BCUT2D eigenvalue weighted by Crippen LogP contribution is -2.49. The quantitative estimate of drug-likeness (QED) is 0.710. The Morgan fingerprint density at radius 2 is 2.29 bits per heavy atom. The fourth-order valence-electron chi connectivity index (χ4n) is 2.45. The van der Waals surface area contributed by atoms with Crippen molar-refractivity contribution in [1.29, 1.82) is 0 Å². The van der Waals surface area contributed by atoms with Crippen LogP contribution in [-0.4, -0.2) is 36.5 Å². The predicted octanol–water partition coefficient (Wildman–Crippen LogP) is 0.916. The molecule has 14 heavy (non-hydrogen) atoms. The highest BCUT2D eigenvalue weighted by Crippen LogP contribution is 2.38. The lowest BCUT2D eigenvalue weighted by atomic mass is 9.71. The second kappa shape index (κ2) is 4.17. The molecule has 2 unspecified atom stereocenters. The first-order chi connectivity index (χ1) is 6.68. The van der Waals surface area contributed by atoms with E-state index in [4.69, 9.17) is 4.74 Å². The van der Waals surface area contributed by atoms with E-state index in [0.717, 1.165) is 26.2 Å². The van der Waals surface area contributed by atoms with Gasteiger partial charge in [-0.05, 0) is 32.1 Å². The van der Waals surface area contributed by atoms with Crippen LogP contribution in [0.25, 0.3) is 0 Å². The molecule has 2 aliphatic rings. The van der Waals surface area contributed by atoms with Gasteiger partial charge in [-0.1, -0.05) is 6.42 Å². The van der Waals surface area contributed by atoms with Gasteiger partial charge in [0.15, 0.2) is 0 Å². The van der Waals surface area contributed by atoms with Crippen LogP contribution in [0.2, 0.25) is 0 Å². The van der Waals surface area contributed by atoms with Crippen molar-refractivity contribution < 1.29 is 9.84 Å². The average molecular weight is 199 g/mol. The highest BCUT2D eigenvalue weighted by molar-refractivity contribution is 4.91. The molecule has 0 amide bonds. The van der Waals surface area contributed by atoms with Crippen molar-refractivity contribution >= 4 is 0 Å². The molecule has 3 heteroatoms. The molecule has 82 valence electrons. The summed E-state index contributed by atoms with van der Waals surface area (Å²) >= 11 is 0. The minimum absolute atomic E-state index is 0.347. The first-order valence-corrected chi connectivity index (χ1v) is 5.72. The van der Waals surface area contributed by atoms with Crippen molar-refractivity contribution in [2.24, 2.45) is 5.92 Å². The van der Waals surface area contributed by atoms with Gasteiger partial charge in [0.1, 0.15) is 0 Å². The van der Waals surface area contributed by atoms with Gasteiger partial charge in [-0.25, -0.2) is 0 Å². The molecule has 0 aromatic rings. The smallest absolute Gasteiger partial charge is 0.0663 e. The molecule has 3 nitrogen and oxygen atoms in total. The SMILES string of the molecule is CC(O)(CC1COCCN1)C1CCC1. The van der Waals surface area contributed by atoms with E-state index in [1.807, 2.05) is 6.92 Å². The van der Waals surface area contributed by atoms with Gasteiger partial charge in [-0.3, -0.25) is 0 Å². The van der Waals surface area contributed by atoms with E-state index in [0.29, 0.717) is 12.0 Å². The molecule has 0 radical (unpaired) electrons. The minimum Gasteiger partial charge on any atom is -0.390 e. The monoisotopic (exact) mass is 199 g/mol. The van der Waals surface area contributed by atoms with Crippen LogP contribution in [0.1, 0.15) is 32.6 Å². The summed E-state index contributed by atoms with van der Waals surface area (Å²) in [6.45, 7) is 4.46. The molecule has 1 saturated carbocycles. The molecule has 2 N–H and O–H groups in total. The summed E-state index contributed by atoms with van der Waals surface area (Å²) in [5.74, 6) is 0.520. The molecule has 0 bridgehead atoms. The van der Waals surface area contributed by atoms with E-state index < -0.39 is 5.60 Å². The first-order valence-electron chi connectivity index (χ1n) is 5.72. The highest BCUT2D eigenvalue weighted by atomic mass is 16.5. The lowest BCUT2D eigenvalue weighted by molar-refractivity contribution is -0.0597. The normalized spacial score (nSPS) is 33.4. The maximum Gasteiger partial charge on any atom is 0.0663 e. The molecule has 1 saturated heterocycles. The van der Waals surface area contributed by atoms with Gasteiger partial charge in [-0.15, -0.1) is 0 Å². The van der Waals surface area contributed by atoms with Crippen LogP contribution in [0.3, 0.4) is 0 Å². The summed E-state index contributed by atoms with van der Waals surface area (Å²) in [6, 6.07) is 0.347. The average Bonchev–Trinajstić information content (AvgIpc) is 2.00. The topological polar surface area (TPSA) is 41.5 Å². The van der Waals surface area contributed by atoms with Gasteiger partial charge in [-0.2, -0.15) is 0 Å². The van der Waals surface area contributed by atoms with Crippen LogP contribution >= 0.6 is 0 Å². The second-order valence-corrected chi connectivity index (χ2v) is 4.92. The number of morpholine rings is 1. The maximum absolute atomic E-state index is 10.3. The fourth-order valence-corrected chi connectivity index (χ4v) is 2.45. The summed E-state index contributed by atoms with van der Waals surface area (Å²) < 4.78 is 5.39. The Balaban J connectivity index is 1.81. The summed E-state index contributed by atoms with van der Waals surface area (Å²) in [5, 5.41) is 13.7. The largest absolute Gasteiger partial charge is 0.390 e. The Labute approximate surface area is 85.8 Å². The van der Waals surface area contributed by atoms with E-state index in [1.54, 1.807) is 0 Å². The van der Waals surface area contributed by atoms with Gasteiger partial charge in [0.05, 0.1) is 18.8 Å². The summed E-state index contributed by atoms with van der Waals surface area (Å²) in [7, 11) is 0. The van der Waals surface area contributed by atoms with Crippen molar-refractivity contribution in [1.82, 2.24) is 5.32 Å². The van der Waals surface area contributed by atoms with Crippen LogP contribution in [0.15, 0.2) is 0 Å². The van der Waals surface area contributed by atoms with Crippen LogP contribution < -0.4 is 5.32 Å². The zero-order valence-corrected chi connectivity index (χ0v) is 8.96. The van der Waals surface area contributed by atoms with E-state index in [-0.39, 0.29) is 0 Å². The van der Waals surface area contributed by atoms with Crippen LogP contribution in [0.5, 0.6) is 0 Å². The molecular formula is C11H21NO2. The zero-order chi connectivity index (χ0) is 10.0. The zero-order valence-electron chi connectivity index (χ0n) is 8.96. The lowest BCUT2D eigenvalue weighted by Gasteiger charge is -2.41. The fraction of sp³-hybridized carbons (Fsp3) is 1.00. The Hall–Kier alpha value is -0.120. The Kier molecular flexibility index (Phi) is 3.10. The number of nitrogens with one attached hydrogen (secondary N) is 1. The van der Waals surface area contributed by atoms with E-state index in [1.165, 1.54) is 19.3 Å². The van der Waals surface area contributed by atoms with E-state index in [2.05, 4.69) is 5.32 Å². The number of ether oxygens (including phenoxy) is 1. The maximum atomic E-state index is 10.3. The molecule has 0 spiro atoms. The third kappa shape index (κ3) is 2.27. The standard InChI is InChI=1S/C11H21NO2/c1-11(13,9-3-2-4-9)7-10-8-14-6-5-12-10/h9-10,12-13H,2-8H2,1H3. The van der Waals surface area contributed by atoms with Crippen molar-refractivity contribution in [2.75, 3.05) is 19.8 Å². The number of hydrogen-bond donors (Lipinski definition) is 2. The van der Waals surface area contributed by atoms with E-state index >= 15 is 0 Å². The van der Waals surface area contributed by atoms with E-state index in [9.17, 15) is 5.11 Å². The summed E-state index contributed by atoms with van der Waals surface area (Å²) in [5.41, 5.74) is -0.489. The molecule has 0 aromatic heterocycles. The summed E-state index contributed by atoms with van der Waals surface area (Å²) in [4.78, 5) is 0. The number of rotatable bonds is 3. The van der Waals surface area contributed by atoms with Crippen LogP contribution in [0, 0.1) is 5.92 Å². The number of aliphatic hydroxyl groups is 1. The summed E-state index contributed by atoms with van der Waals surface area (Å²) in [6.07, 6.45) is 4.51. The Morgan fingerprint density at radius 1 is 1.50 bits per heavy atom. The molecule has 0 aromatic carbocycles. The van der Waals surface area contributed by atoms with Gasteiger partial charge in [0, 0.05) is 12.6 Å². The second-order valence-electron chi connectivity index (χ2n) is 4.92.